The Balaban J connectivity index is 1.73. The van der Waals surface area contributed by atoms with Crippen molar-refractivity contribution in [2.24, 2.45) is 5.92 Å². The molecule has 8 heteroatoms. The third kappa shape index (κ3) is 3.81. The van der Waals surface area contributed by atoms with Crippen LogP contribution in [0.3, 0.4) is 0 Å². The quantitative estimate of drug-likeness (QED) is 0.800. The fourth-order valence-electron chi connectivity index (χ4n) is 4.05. The van der Waals surface area contributed by atoms with Crippen molar-refractivity contribution < 1.29 is 19.0 Å². The maximum absolute atomic E-state index is 13.3. The molecular formula is C21H27N3O5. The molecule has 0 bridgehead atoms. The predicted octanol–water partition coefficient (Wildman–Crippen LogP) is 2.57. The second kappa shape index (κ2) is 8.02. The van der Waals surface area contributed by atoms with E-state index in [1.165, 1.54) is 11.8 Å². The molecular weight excluding hydrogens is 374 g/mol. The number of carbonyl (C=O) groups is 1. The van der Waals surface area contributed by atoms with E-state index in [-0.39, 0.29) is 29.4 Å². The van der Waals surface area contributed by atoms with Gasteiger partial charge in [-0.25, -0.2) is 9.66 Å². The first kappa shape index (κ1) is 19.7. The molecule has 0 saturated heterocycles. The number of carbonyl (C=O) groups excluding carboxylic acids is 1. The molecule has 156 valence electrons. The molecule has 1 aromatic heterocycles. The van der Waals surface area contributed by atoms with E-state index in [2.05, 4.69) is 5.43 Å². The van der Waals surface area contributed by atoms with Gasteiger partial charge in [-0.3, -0.25) is 15.0 Å². The van der Waals surface area contributed by atoms with Gasteiger partial charge in [-0.1, -0.05) is 6.42 Å². The summed E-state index contributed by atoms with van der Waals surface area (Å²) in [5.74, 6) is 1.42. The molecule has 1 heterocycles. The van der Waals surface area contributed by atoms with Crippen LogP contribution in [0.4, 0.5) is 0 Å². The van der Waals surface area contributed by atoms with Crippen LogP contribution in [0.25, 0.3) is 10.9 Å². The Kier molecular flexibility index (Phi) is 5.45. The highest BCUT2D eigenvalue weighted by atomic mass is 16.5. The minimum absolute atomic E-state index is 0.0885. The lowest BCUT2D eigenvalue weighted by Gasteiger charge is -2.27. The molecule has 2 saturated carbocycles. The summed E-state index contributed by atoms with van der Waals surface area (Å²) >= 11 is 0. The largest absolute Gasteiger partial charge is 0.493 e. The number of fused-ring (bicyclic) bond motifs is 1. The summed E-state index contributed by atoms with van der Waals surface area (Å²) in [6.07, 6.45) is 5.37. The highest BCUT2D eigenvalue weighted by Gasteiger charge is 2.32. The van der Waals surface area contributed by atoms with Crippen molar-refractivity contribution in [3.63, 3.8) is 0 Å². The average Bonchev–Trinajstić information content (AvgIpc) is 3.59. The lowest BCUT2D eigenvalue weighted by Crippen LogP contribution is -2.40. The molecule has 1 N–H and O–H groups in total. The van der Waals surface area contributed by atoms with Gasteiger partial charge in [0.2, 0.25) is 5.91 Å². The van der Waals surface area contributed by atoms with E-state index in [9.17, 15) is 9.59 Å². The predicted molar refractivity (Wildman–Crippen MR) is 108 cm³/mol. The maximum Gasteiger partial charge on any atom is 0.280 e. The van der Waals surface area contributed by atoms with Crippen molar-refractivity contribution in [1.29, 1.82) is 0 Å². The first-order valence-electron chi connectivity index (χ1n) is 10.1. The van der Waals surface area contributed by atoms with Gasteiger partial charge in [0.15, 0.2) is 11.5 Å². The van der Waals surface area contributed by atoms with Crippen molar-refractivity contribution in [2.45, 2.75) is 50.5 Å². The van der Waals surface area contributed by atoms with E-state index < -0.39 is 0 Å². The molecule has 0 aliphatic heterocycles. The third-order valence-electron chi connectivity index (χ3n) is 5.89. The first-order valence-corrected chi connectivity index (χ1v) is 10.1. The summed E-state index contributed by atoms with van der Waals surface area (Å²) in [5, 5.41) is 0.380. The van der Waals surface area contributed by atoms with Crippen molar-refractivity contribution in [3.05, 3.63) is 28.3 Å². The normalized spacial score (nSPS) is 21.8. The number of aromatic nitrogens is 2. The SMILES string of the molecule is COc1cc2nc(C3CC3)n(NC(=O)[C@@H]3CCC[C@H](OC)C3)c(=O)c2cc1OC. The highest BCUT2D eigenvalue weighted by Crippen LogP contribution is 2.39. The monoisotopic (exact) mass is 401 g/mol. The standard InChI is InChI=1S/C21H27N3O5/c1-27-14-6-4-5-13(9-14)20(25)23-24-19(12-7-8-12)22-16-11-18(29-3)17(28-2)10-15(16)21(24)26/h10-14H,4-9H2,1-3H3,(H,23,25)/t13-,14+/m1/s1. The maximum atomic E-state index is 13.3. The van der Waals surface area contributed by atoms with Crippen molar-refractivity contribution in [1.82, 2.24) is 9.66 Å². The molecule has 1 amide bonds. The van der Waals surface area contributed by atoms with E-state index in [0.29, 0.717) is 34.6 Å². The molecule has 2 aliphatic carbocycles. The van der Waals surface area contributed by atoms with Crippen LogP contribution < -0.4 is 20.5 Å². The Morgan fingerprint density at radius 3 is 2.48 bits per heavy atom. The van der Waals surface area contributed by atoms with E-state index in [0.717, 1.165) is 32.1 Å². The topological polar surface area (TPSA) is 91.7 Å². The molecule has 8 nitrogen and oxygen atoms in total. The van der Waals surface area contributed by atoms with Crippen LogP contribution in [0.15, 0.2) is 16.9 Å². The zero-order valence-electron chi connectivity index (χ0n) is 17.1. The molecule has 0 radical (unpaired) electrons. The molecule has 0 spiro atoms. The van der Waals surface area contributed by atoms with Gasteiger partial charge in [0.25, 0.3) is 5.56 Å². The summed E-state index contributed by atoms with van der Waals surface area (Å²) in [7, 11) is 4.74. The second-order valence-corrected chi connectivity index (χ2v) is 7.81. The molecule has 0 unspecified atom stereocenters. The highest BCUT2D eigenvalue weighted by molar-refractivity contribution is 5.87. The summed E-state index contributed by atoms with van der Waals surface area (Å²) in [6, 6.07) is 3.32. The molecule has 2 aromatic rings. The number of methoxy groups -OCH3 is 3. The van der Waals surface area contributed by atoms with Gasteiger partial charge in [0.05, 0.1) is 31.2 Å². The van der Waals surface area contributed by atoms with Crippen molar-refractivity contribution >= 4 is 16.8 Å². The number of rotatable bonds is 6. The van der Waals surface area contributed by atoms with Gasteiger partial charge < -0.3 is 14.2 Å². The number of ether oxygens (including phenoxy) is 3. The molecule has 2 atom stereocenters. The summed E-state index contributed by atoms with van der Waals surface area (Å²) in [5.41, 5.74) is 3.09. The minimum Gasteiger partial charge on any atom is -0.493 e. The molecule has 1 aromatic carbocycles. The first-order chi connectivity index (χ1) is 14.0. The Hall–Kier alpha value is -2.61. The Morgan fingerprint density at radius 2 is 1.83 bits per heavy atom. The van der Waals surface area contributed by atoms with Gasteiger partial charge in [-0.05, 0) is 38.2 Å². The van der Waals surface area contributed by atoms with Crippen LogP contribution in [0, 0.1) is 5.92 Å². The molecule has 2 fully saturated rings. The Morgan fingerprint density at radius 1 is 1.10 bits per heavy atom. The average molecular weight is 401 g/mol. The second-order valence-electron chi connectivity index (χ2n) is 7.81. The fraction of sp³-hybridized carbons (Fsp3) is 0.571. The molecule has 2 aliphatic rings. The van der Waals surface area contributed by atoms with Gasteiger partial charge in [0, 0.05) is 25.0 Å². The number of amides is 1. The van der Waals surface area contributed by atoms with Gasteiger partial charge in [-0.2, -0.15) is 0 Å². The van der Waals surface area contributed by atoms with Gasteiger partial charge >= 0.3 is 0 Å². The zero-order valence-corrected chi connectivity index (χ0v) is 17.1. The molecule has 4 rings (SSSR count). The number of hydrogen-bond acceptors (Lipinski definition) is 6. The van der Waals surface area contributed by atoms with Crippen LogP contribution >= 0.6 is 0 Å². The number of benzene rings is 1. The van der Waals surface area contributed by atoms with Crippen LogP contribution in [0.1, 0.15) is 50.3 Å². The number of nitrogens with one attached hydrogen (secondary N) is 1. The van der Waals surface area contributed by atoms with E-state index in [1.807, 2.05) is 0 Å². The van der Waals surface area contributed by atoms with Crippen LogP contribution in [-0.4, -0.2) is 43.0 Å². The summed E-state index contributed by atoms with van der Waals surface area (Å²) < 4.78 is 17.4. The third-order valence-corrected chi connectivity index (χ3v) is 5.89. The molecule has 29 heavy (non-hydrogen) atoms. The van der Waals surface area contributed by atoms with Crippen LogP contribution in [0.5, 0.6) is 11.5 Å². The minimum atomic E-state index is -0.301. The number of hydrogen-bond donors (Lipinski definition) is 1. The Labute approximate surface area is 169 Å². The summed E-state index contributed by atoms with van der Waals surface area (Å²) in [4.78, 5) is 30.9. The van der Waals surface area contributed by atoms with Crippen molar-refractivity contribution in [2.75, 3.05) is 26.8 Å². The lowest BCUT2D eigenvalue weighted by atomic mass is 9.87. The van der Waals surface area contributed by atoms with Crippen molar-refractivity contribution in [3.8, 4) is 11.5 Å². The Bertz CT molecular complexity index is 982. The smallest absolute Gasteiger partial charge is 0.280 e. The van der Waals surface area contributed by atoms with E-state index >= 15 is 0 Å². The van der Waals surface area contributed by atoms with Gasteiger partial charge in [-0.15, -0.1) is 0 Å². The van der Waals surface area contributed by atoms with Crippen LogP contribution in [-0.2, 0) is 9.53 Å². The van der Waals surface area contributed by atoms with Crippen LogP contribution in [0.2, 0.25) is 0 Å². The van der Waals surface area contributed by atoms with E-state index in [4.69, 9.17) is 19.2 Å². The number of nitrogens with zero attached hydrogens (tertiary/aromatic N) is 2. The van der Waals surface area contributed by atoms with E-state index in [1.54, 1.807) is 26.4 Å². The summed E-state index contributed by atoms with van der Waals surface area (Å²) in [6.45, 7) is 0. The zero-order chi connectivity index (χ0) is 20.5. The lowest BCUT2D eigenvalue weighted by molar-refractivity contribution is -0.123. The fourth-order valence-corrected chi connectivity index (χ4v) is 4.05. The van der Waals surface area contributed by atoms with Gasteiger partial charge in [0.1, 0.15) is 5.82 Å².